The van der Waals surface area contributed by atoms with Crippen molar-refractivity contribution in [1.82, 2.24) is 20.6 Å². The standard InChI is InChI=1S/C21H28N6O2/c1-2-23-21(28)24-16-5-3-15(4-6-16)19-25-18-8-10-22-9-7-17(18)20(26-19)27-11-13-29-14-12-27/h3-6,22H,2,7-14H2,1H3,(H2,23,24,28). The average molecular weight is 396 g/mol. The van der Waals surface area contributed by atoms with Crippen LogP contribution >= 0.6 is 0 Å². The van der Waals surface area contributed by atoms with Gasteiger partial charge < -0.3 is 25.6 Å². The molecule has 3 N–H and O–H groups in total. The van der Waals surface area contributed by atoms with Crippen LogP contribution in [-0.4, -0.2) is 61.9 Å². The van der Waals surface area contributed by atoms with E-state index in [1.54, 1.807) is 0 Å². The van der Waals surface area contributed by atoms with Gasteiger partial charge in [-0.25, -0.2) is 14.8 Å². The third-order valence-electron chi connectivity index (χ3n) is 5.21. The van der Waals surface area contributed by atoms with Crippen LogP contribution in [0.15, 0.2) is 24.3 Å². The molecule has 1 saturated heterocycles. The topological polar surface area (TPSA) is 91.4 Å². The van der Waals surface area contributed by atoms with Crippen molar-refractivity contribution < 1.29 is 9.53 Å². The van der Waals surface area contributed by atoms with E-state index < -0.39 is 0 Å². The number of amides is 2. The molecule has 1 aromatic heterocycles. The first-order valence-electron chi connectivity index (χ1n) is 10.3. The summed E-state index contributed by atoms with van der Waals surface area (Å²) in [6, 6.07) is 7.48. The molecule has 4 rings (SSSR count). The van der Waals surface area contributed by atoms with Gasteiger partial charge in [0.1, 0.15) is 5.82 Å². The number of hydrogen-bond donors (Lipinski definition) is 3. The molecule has 0 radical (unpaired) electrons. The van der Waals surface area contributed by atoms with E-state index >= 15 is 0 Å². The minimum Gasteiger partial charge on any atom is -0.378 e. The lowest BCUT2D eigenvalue weighted by Gasteiger charge is -2.30. The van der Waals surface area contributed by atoms with Crippen LogP contribution in [0.5, 0.6) is 0 Å². The van der Waals surface area contributed by atoms with E-state index in [1.165, 1.54) is 5.56 Å². The predicted octanol–water partition coefficient (Wildman–Crippen LogP) is 1.81. The summed E-state index contributed by atoms with van der Waals surface area (Å²) in [6.45, 7) is 7.52. The molecule has 154 valence electrons. The van der Waals surface area contributed by atoms with Gasteiger partial charge in [-0.2, -0.15) is 0 Å². The maximum absolute atomic E-state index is 11.7. The van der Waals surface area contributed by atoms with Gasteiger partial charge in [0.15, 0.2) is 5.82 Å². The molecule has 29 heavy (non-hydrogen) atoms. The van der Waals surface area contributed by atoms with E-state index in [-0.39, 0.29) is 6.03 Å². The zero-order valence-corrected chi connectivity index (χ0v) is 16.8. The Kier molecular flexibility index (Phi) is 6.21. The van der Waals surface area contributed by atoms with Crippen LogP contribution in [0.4, 0.5) is 16.3 Å². The van der Waals surface area contributed by atoms with Crippen LogP contribution in [0.25, 0.3) is 11.4 Å². The van der Waals surface area contributed by atoms with E-state index in [0.717, 1.165) is 80.8 Å². The molecule has 0 unspecified atom stereocenters. The highest BCUT2D eigenvalue weighted by Crippen LogP contribution is 2.28. The second-order valence-electron chi connectivity index (χ2n) is 7.21. The van der Waals surface area contributed by atoms with Gasteiger partial charge in [0.2, 0.25) is 0 Å². The number of benzene rings is 1. The molecular weight excluding hydrogens is 368 g/mol. The second kappa shape index (κ2) is 9.19. The fraction of sp³-hybridized carbons (Fsp3) is 0.476. The number of nitrogens with zero attached hydrogens (tertiary/aromatic N) is 3. The fourth-order valence-corrected chi connectivity index (χ4v) is 3.73. The van der Waals surface area contributed by atoms with Crippen molar-refractivity contribution in [3.05, 3.63) is 35.5 Å². The lowest BCUT2D eigenvalue weighted by Crippen LogP contribution is -2.37. The zero-order chi connectivity index (χ0) is 20.1. The Hall–Kier alpha value is -2.71. The first-order valence-corrected chi connectivity index (χ1v) is 10.3. The number of carbonyl (C=O) groups excluding carboxylic acids is 1. The Morgan fingerprint density at radius 1 is 1.14 bits per heavy atom. The first-order chi connectivity index (χ1) is 14.2. The molecule has 2 aliphatic heterocycles. The molecule has 2 aromatic rings. The van der Waals surface area contributed by atoms with Crippen LogP contribution in [0.2, 0.25) is 0 Å². The Morgan fingerprint density at radius 2 is 1.90 bits per heavy atom. The Bertz CT molecular complexity index is 849. The second-order valence-corrected chi connectivity index (χ2v) is 7.21. The minimum atomic E-state index is -0.205. The zero-order valence-electron chi connectivity index (χ0n) is 16.8. The Morgan fingerprint density at radius 3 is 2.66 bits per heavy atom. The summed E-state index contributed by atoms with van der Waals surface area (Å²) >= 11 is 0. The van der Waals surface area contributed by atoms with Crippen molar-refractivity contribution in [2.45, 2.75) is 19.8 Å². The van der Waals surface area contributed by atoms with Crippen molar-refractivity contribution in [2.75, 3.05) is 56.2 Å². The number of hydrogen-bond acceptors (Lipinski definition) is 6. The maximum atomic E-state index is 11.7. The van der Waals surface area contributed by atoms with Crippen LogP contribution in [0.1, 0.15) is 18.2 Å². The summed E-state index contributed by atoms with van der Waals surface area (Å²) in [5.41, 5.74) is 4.08. The summed E-state index contributed by atoms with van der Waals surface area (Å²) in [5.74, 6) is 1.78. The lowest BCUT2D eigenvalue weighted by atomic mass is 10.1. The Labute approximate surface area is 171 Å². The van der Waals surface area contributed by atoms with E-state index in [0.29, 0.717) is 6.54 Å². The summed E-state index contributed by atoms with van der Waals surface area (Å²) in [4.78, 5) is 23.9. The highest BCUT2D eigenvalue weighted by Gasteiger charge is 2.22. The smallest absolute Gasteiger partial charge is 0.319 e. The van der Waals surface area contributed by atoms with E-state index in [4.69, 9.17) is 14.7 Å². The molecule has 2 amide bonds. The van der Waals surface area contributed by atoms with Crippen LogP contribution in [0.3, 0.4) is 0 Å². The third-order valence-corrected chi connectivity index (χ3v) is 5.21. The third kappa shape index (κ3) is 4.65. The molecular formula is C21H28N6O2. The van der Waals surface area contributed by atoms with Crippen molar-refractivity contribution >= 4 is 17.5 Å². The fourth-order valence-electron chi connectivity index (χ4n) is 3.73. The maximum Gasteiger partial charge on any atom is 0.319 e. The molecule has 3 heterocycles. The molecule has 8 nitrogen and oxygen atoms in total. The monoisotopic (exact) mass is 396 g/mol. The first kappa shape index (κ1) is 19.6. The number of anilines is 2. The van der Waals surface area contributed by atoms with Crippen LogP contribution in [-0.2, 0) is 17.6 Å². The van der Waals surface area contributed by atoms with Crippen LogP contribution in [0, 0.1) is 0 Å². The van der Waals surface area contributed by atoms with Gasteiger partial charge >= 0.3 is 6.03 Å². The number of morpholine rings is 1. The molecule has 1 aromatic carbocycles. The van der Waals surface area contributed by atoms with Crippen LogP contribution < -0.4 is 20.9 Å². The molecule has 0 bridgehead atoms. The lowest BCUT2D eigenvalue weighted by molar-refractivity contribution is 0.122. The molecule has 0 aliphatic carbocycles. The summed E-state index contributed by atoms with van der Waals surface area (Å²) in [6.07, 6.45) is 1.84. The van der Waals surface area contributed by atoms with Gasteiger partial charge in [-0.05, 0) is 44.2 Å². The molecule has 0 saturated carbocycles. The largest absolute Gasteiger partial charge is 0.378 e. The van der Waals surface area contributed by atoms with Crippen molar-refractivity contribution in [1.29, 1.82) is 0 Å². The number of nitrogens with one attached hydrogen (secondary N) is 3. The summed E-state index contributed by atoms with van der Waals surface area (Å²) in [5, 5.41) is 9.01. The number of aromatic nitrogens is 2. The summed E-state index contributed by atoms with van der Waals surface area (Å²) < 4.78 is 5.53. The van der Waals surface area contributed by atoms with Gasteiger partial charge in [-0.3, -0.25) is 0 Å². The van der Waals surface area contributed by atoms with Gasteiger partial charge in [0, 0.05) is 49.4 Å². The number of urea groups is 1. The van der Waals surface area contributed by atoms with Gasteiger partial charge in [-0.15, -0.1) is 0 Å². The predicted molar refractivity (Wildman–Crippen MR) is 113 cm³/mol. The quantitative estimate of drug-likeness (QED) is 0.730. The normalized spacial score (nSPS) is 16.7. The summed E-state index contributed by atoms with van der Waals surface area (Å²) in [7, 11) is 0. The number of carbonyl (C=O) groups is 1. The molecule has 0 spiro atoms. The van der Waals surface area contributed by atoms with E-state index in [2.05, 4.69) is 20.9 Å². The minimum absolute atomic E-state index is 0.205. The molecule has 8 heteroatoms. The number of ether oxygens (including phenoxy) is 1. The van der Waals surface area contributed by atoms with Gasteiger partial charge in [0.25, 0.3) is 0 Å². The average Bonchev–Trinajstić information content (AvgIpc) is 3.00. The van der Waals surface area contributed by atoms with Gasteiger partial charge in [0.05, 0.1) is 18.9 Å². The number of fused-ring (bicyclic) bond motifs is 1. The van der Waals surface area contributed by atoms with Crippen molar-refractivity contribution in [3.8, 4) is 11.4 Å². The molecule has 0 atom stereocenters. The molecule has 2 aliphatic rings. The van der Waals surface area contributed by atoms with Gasteiger partial charge in [-0.1, -0.05) is 0 Å². The SMILES string of the molecule is CCNC(=O)Nc1ccc(-c2nc3c(c(N4CCOCC4)n2)CCNCC3)cc1. The molecule has 1 fully saturated rings. The Balaban J connectivity index is 1.64. The highest BCUT2D eigenvalue weighted by molar-refractivity contribution is 5.89. The van der Waals surface area contributed by atoms with E-state index in [9.17, 15) is 4.79 Å². The van der Waals surface area contributed by atoms with E-state index in [1.807, 2.05) is 31.2 Å². The van der Waals surface area contributed by atoms with Crippen molar-refractivity contribution in [2.24, 2.45) is 0 Å². The number of rotatable bonds is 4. The highest BCUT2D eigenvalue weighted by atomic mass is 16.5. The van der Waals surface area contributed by atoms with Crippen molar-refractivity contribution in [3.63, 3.8) is 0 Å².